The van der Waals surface area contributed by atoms with E-state index in [1.54, 1.807) is 0 Å². The summed E-state index contributed by atoms with van der Waals surface area (Å²) in [6.45, 7) is 3.30. The molecule has 1 saturated carbocycles. The molecule has 112 valence electrons. The first kappa shape index (κ1) is 15.5. The van der Waals surface area contributed by atoms with E-state index < -0.39 is 0 Å². The van der Waals surface area contributed by atoms with E-state index in [-0.39, 0.29) is 6.10 Å². The minimum atomic E-state index is 0.170. The van der Waals surface area contributed by atoms with E-state index in [0.29, 0.717) is 6.04 Å². The molecular weight excluding hydrogens is 246 g/mol. The number of methoxy groups -OCH3 is 1. The third kappa shape index (κ3) is 4.32. The molecule has 20 heavy (non-hydrogen) atoms. The van der Waals surface area contributed by atoms with Crippen LogP contribution in [0.3, 0.4) is 0 Å². The van der Waals surface area contributed by atoms with Gasteiger partial charge in [-0.15, -0.1) is 0 Å². The molecule has 2 nitrogen and oxygen atoms in total. The lowest BCUT2D eigenvalue weighted by molar-refractivity contribution is 0.0592. The maximum atomic E-state index is 5.84. The van der Waals surface area contributed by atoms with Crippen molar-refractivity contribution in [3.63, 3.8) is 0 Å². The first-order valence-corrected chi connectivity index (χ1v) is 8.16. The van der Waals surface area contributed by atoms with Gasteiger partial charge in [0, 0.05) is 13.2 Å². The molecule has 0 amide bonds. The fourth-order valence-corrected chi connectivity index (χ4v) is 3.42. The van der Waals surface area contributed by atoms with Crippen molar-refractivity contribution in [3.8, 4) is 0 Å². The Hall–Kier alpha value is -0.860. The summed E-state index contributed by atoms with van der Waals surface area (Å²) in [5, 5.41) is 3.72. The summed E-state index contributed by atoms with van der Waals surface area (Å²) >= 11 is 0. The summed E-state index contributed by atoms with van der Waals surface area (Å²) < 4.78 is 5.84. The largest absolute Gasteiger partial charge is 0.375 e. The standard InChI is InChI=1S/C18H29NO/c1-3-13-19-17(14-15-9-7-8-10-15)18(20-2)16-11-5-4-6-12-16/h4-6,11-12,15,17-19H,3,7-10,13-14H2,1-2H3. The van der Waals surface area contributed by atoms with Gasteiger partial charge in [0.2, 0.25) is 0 Å². The molecule has 2 heteroatoms. The van der Waals surface area contributed by atoms with Gasteiger partial charge in [0.25, 0.3) is 0 Å². The topological polar surface area (TPSA) is 21.3 Å². The quantitative estimate of drug-likeness (QED) is 0.763. The fraction of sp³-hybridized carbons (Fsp3) is 0.667. The van der Waals surface area contributed by atoms with E-state index in [0.717, 1.165) is 12.5 Å². The molecule has 1 aliphatic carbocycles. The average molecular weight is 275 g/mol. The van der Waals surface area contributed by atoms with Gasteiger partial charge in [0.05, 0.1) is 6.10 Å². The Morgan fingerprint density at radius 2 is 1.90 bits per heavy atom. The van der Waals surface area contributed by atoms with Gasteiger partial charge >= 0.3 is 0 Å². The highest BCUT2D eigenvalue weighted by atomic mass is 16.5. The van der Waals surface area contributed by atoms with Crippen molar-refractivity contribution >= 4 is 0 Å². The Kier molecular flexibility index (Phi) is 6.55. The monoisotopic (exact) mass is 275 g/mol. The zero-order valence-electron chi connectivity index (χ0n) is 13.0. The fourth-order valence-electron chi connectivity index (χ4n) is 3.42. The minimum Gasteiger partial charge on any atom is -0.375 e. The van der Waals surface area contributed by atoms with Gasteiger partial charge in [-0.25, -0.2) is 0 Å². The lowest BCUT2D eigenvalue weighted by atomic mass is 9.91. The first-order chi connectivity index (χ1) is 9.85. The molecule has 0 spiro atoms. The predicted molar refractivity (Wildman–Crippen MR) is 84.8 cm³/mol. The molecule has 1 aromatic carbocycles. The molecule has 0 saturated heterocycles. The molecular formula is C18H29NO. The highest BCUT2D eigenvalue weighted by Gasteiger charge is 2.27. The Bertz CT molecular complexity index is 359. The van der Waals surface area contributed by atoms with Crippen LogP contribution in [-0.2, 0) is 4.74 Å². The Morgan fingerprint density at radius 1 is 1.20 bits per heavy atom. The van der Waals surface area contributed by atoms with E-state index in [9.17, 15) is 0 Å². The lowest BCUT2D eigenvalue weighted by Gasteiger charge is -2.29. The van der Waals surface area contributed by atoms with Crippen molar-refractivity contribution in [2.45, 2.75) is 57.6 Å². The molecule has 0 aromatic heterocycles. The Balaban J connectivity index is 2.05. The average Bonchev–Trinajstić information content (AvgIpc) is 2.99. The van der Waals surface area contributed by atoms with Crippen molar-refractivity contribution in [3.05, 3.63) is 35.9 Å². The molecule has 2 rings (SSSR count). The summed E-state index contributed by atoms with van der Waals surface area (Å²) in [6, 6.07) is 11.1. The summed E-state index contributed by atoms with van der Waals surface area (Å²) in [4.78, 5) is 0. The molecule has 1 aliphatic rings. The number of ether oxygens (including phenoxy) is 1. The molecule has 2 atom stereocenters. The van der Waals surface area contributed by atoms with Crippen molar-refractivity contribution < 1.29 is 4.74 Å². The van der Waals surface area contributed by atoms with Crippen molar-refractivity contribution in [2.75, 3.05) is 13.7 Å². The molecule has 1 aromatic rings. The van der Waals surface area contributed by atoms with Gasteiger partial charge in [-0.2, -0.15) is 0 Å². The zero-order chi connectivity index (χ0) is 14.2. The predicted octanol–water partition coefficient (Wildman–Crippen LogP) is 4.32. The van der Waals surface area contributed by atoms with Crippen molar-refractivity contribution in [1.82, 2.24) is 5.32 Å². The number of rotatable bonds is 8. The first-order valence-electron chi connectivity index (χ1n) is 8.16. The maximum absolute atomic E-state index is 5.84. The van der Waals surface area contributed by atoms with E-state index in [4.69, 9.17) is 4.74 Å². The van der Waals surface area contributed by atoms with Crippen LogP contribution in [0.5, 0.6) is 0 Å². The zero-order valence-corrected chi connectivity index (χ0v) is 13.0. The maximum Gasteiger partial charge on any atom is 0.0974 e. The number of nitrogens with one attached hydrogen (secondary N) is 1. The third-order valence-corrected chi connectivity index (χ3v) is 4.47. The number of benzene rings is 1. The summed E-state index contributed by atoms with van der Waals surface area (Å²) in [5.41, 5.74) is 1.29. The minimum absolute atomic E-state index is 0.170. The van der Waals surface area contributed by atoms with Crippen molar-refractivity contribution in [1.29, 1.82) is 0 Å². The van der Waals surface area contributed by atoms with Crippen LogP contribution in [0.25, 0.3) is 0 Å². The SMILES string of the molecule is CCCNC(CC1CCCC1)C(OC)c1ccccc1. The van der Waals surface area contributed by atoms with Crippen LogP contribution in [0.4, 0.5) is 0 Å². The van der Waals surface area contributed by atoms with Gasteiger partial charge in [-0.1, -0.05) is 62.9 Å². The van der Waals surface area contributed by atoms with Gasteiger partial charge in [0.15, 0.2) is 0 Å². The van der Waals surface area contributed by atoms with Crippen LogP contribution in [0.1, 0.15) is 57.1 Å². The van der Waals surface area contributed by atoms with Gasteiger partial charge in [-0.3, -0.25) is 0 Å². The van der Waals surface area contributed by atoms with E-state index >= 15 is 0 Å². The second-order valence-corrected chi connectivity index (χ2v) is 6.01. The number of hydrogen-bond acceptors (Lipinski definition) is 2. The van der Waals surface area contributed by atoms with Crippen LogP contribution in [0, 0.1) is 5.92 Å². The molecule has 0 aliphatic heterocycles. The molecule has 0 heterocycles. The third-order valence-electron chi connectivity index (χ3n) is 4.47. The van der Waals surface area contributed by atoms with Crippen LogP contribution in [0.15, 0.2) is 30.3 Å². The van der Waals surface area contributed by atoms with Gasteiger partial charge < -0.3 is 10.1 Å². The summed E-state index contributed by atoms with van der Waals surface area (Å²) in [7, 11) is 1.84. The van der Waals surface area contributed by atoms with Crippen molar-refractivity contribution in [2.24, 2.45) is 5.92 Å². The van der Waals surface area contributed by atoms with Crippen LogP contribution in [-0.4, -0.2) is 19.7 Å². The molecule has 0 radical (unpaired) electrons. The van der Waals surface area contributed by atoms with Gasteiger partial charge in [-0.05, 0) is 30.9 Å². The smallest absolute Gasteiger partial charge is 0.0974 e. The normalized spacial score (nSPS) is 19.1. The number of hydrogen-bond donors (Lipinski definition) is 1. The Morgan fingerprint density at radius 3 is 2.50 bits per heavy atom. The summed E-state index contributed by atoms with van der Waals surface area (Å²) in [5.74, 6) is 0.880. The molecule has 0 bridgehead atoms. The Labute approximate surface area is 123 Å². The van der Waals surface area contributed by atoms with Crippen LogP contribution < -0.4 is 5.32 Å². The molecule has 1 N–H and O–H groups in total. The van der Waals surface area contributed by atoms with E-state index in [1.807, 2.05) is 7.11 Å². The summed E-state index contributed by atoms with van der Waals surface area (Å²) in [6.07, 6.45) is 8.20. The van der Waals surface area contributed by atoms with E-state index in [1.165, 1.54) is 44.1 Å². The van der Waals surface area contributed by atoms with Crippen LogP contribution in [0.2, 0.25) is 0 Å². The molecule has 2 unspecified atom stereocenters. The molecule has 1 fully saturated rings. The van der Waals surface area contributed by atoms with E-state index in [2.05, 4.69) is 42.6 Å². The highest BCUT2D eigenvalue weighted by Crippen LogP contribution is 2.32. The highest BCUT2D eigenvalue weighted by molar-refractivity contribution is 5.19. The second-order valence-electron chi connectivity index (χ2n) is 6.01. The van der Waals surface area contributed by atoms with Gasteiger partial charge in [0.1, 0.15) is 0 Å². The second kappa shape index (κ2) is 8.43. The lowest BCUT2D eigenvalue weighted by Crippen LogP contribution is -2.37. The van der Waals surface area contributed by atoms with Crippen LogP contribution >= 0.6 is 0 Å².